The van der Waals surface area contributed by atoms with E-state index in [1.54, 1.807) is 0 Å². The molecule has 0 aliphatic carbocycles. The lowest BCUT2D eigenvalue weighted by Crippen LogP contribution is -2.27. The molecular formula is C27H17NO. The van der Waals surface area contributed by atoms with E-state index < -0.39 is 11.2 Å². The lowest BCUT2D eigenvalue weighted by molar-refractivity contribution is -0.0257. The van der Waals surface area contributed by atoms with Gasteiger partial charge in [-0.05, 0) is 39.9 Å². The maximum absolute atomic E-state index is 9.58. The van der Waals surface area contributed by atoms with Gasteiger partial charge in [-0.1, -0.05) is 91.0 Å². The number of benzene rings is 4. The normalized spacial score (nSPS) is 23.3. The highest BCUT2D eigenvalue weighted by molar-refractivity contribution is 5.70. The third-order valence-corrected chi connectivity index (χ3v) is 6.26. The second kappa shape index (κ2) is 5.67. The highest BCUT2D eigenvalue weighted by Crippen LogP contribution is 2.65. The van der Waals surface area contributed by atoms with E-state index in [0.29, 0.717) is 5.56 Å². The third kappa shape index (κ3) is 1.88. The number of nitrogens with zero attached hydrogens (tertiary/aromatic N) is 1. The van der Waals surface area contributed by atoms with Crippen LogP contribution in [0.3, 0.4) is 0 Å². The summed E-state index contributed by atoms with van der Waals surface area (Å²) in [4.78, 5) is 0. The first-order valence-corrected chi connectivity index (χ1v) is 9.77. The van der Waals surface area contributed by atoms with Crippen molar-refractivity contribution in [3.05, 3.63) is 142 Å². The van der Waals surface area contributed by atoms with Gasteiger partial charge in [-0.2, -0.15) is 5.26 Å². The quantitative estimate of drug-likeness (QED) is 0.467. The van der Waals surface area contributed by atoms with Crippen LogP contribution in [0.1, 0.15) is 38.9 Å². The second-order valence-electron chi connectivity index (χ2n) is 7.61. The Morgan fingerprint density at radius 3 is 1.59 bits per heavy atom. The van der Waals surface area contributed by atoms with Gasteiger partial charge in [0.15, 0.2) is 0 Å². The predicted molar refractivity (Wildman–Crippen MR) is 111 cm³/mol. The standard InChI is InChI=1S/C27H17NO/c28-18-19-15-16-24-25(17-19)27(21-11-5-2-6-12-21)23-14-8-7-13-22(23)26(24,29-27)20-9-3-1-4-10-20/h1-17H. The molecule has 2 heteroatoms. The fourth-order valence-electron chi connectivity index (χ4n) is 5.13. The van der Waals surface area contributed by atoms with Crippen molar-refractivity contribution in [2.75, 3.05) is 0 Å². The molecule has 2 atom stereocenters. The maximum atomic E-state index is 9.58. The van der Waals surface area contributed by atoms with Gasteiger partial charge in [-0.25, -0.2) is 0 Å². The van der Waals surface area contributed by atoms with Gasteiger partial charge in [0.2, 0.25) is 0 Å². The molecule has 2 aliphatic heterocycles. The lowest BCUT2D eigenvalue weighted by Gasteiger charge is -2.30. The Bertz CT molecular complexity index is 1290. The van der Waals surface area contributed by atoms with Gasteiger partial charge in [0, 0.05) is 5.56 Å². The molecule has 0 aromatic heterocycles. The number of fused-ring (bicyclic) bond motifs is 8. The molecule has 2 nitrogen and oxygen atoms in total. The third-order valence-electron chi connectivity index (χ3n) is 6.26. The molecule has 0 amide bonds. The molecule has 2 aliphatic rings. The summed E-state index contributed by atoms with van der Waals surface area (Å²) in [6.45, 7) is 0. The van der Waals surface area contributed by atoms with Crippen LogP contribution in [0.2, 0.25) is 0 Å². The van der Waals surface area contributed by atoms with Crippen molar-refractivity contribution in [3.63, 3.8) is 0 Å². The van der Waals surface area contributed by atoms with Gasteiger partial charge < -0.3 is 4.74 Å². The molecule has 0 N–H and O–H groups in total. The van der Waals surface area contributed by atoms with Gasteiger partial charge in [0.25, 0.3) is 0 Å². The van der Waals surface area contributed by atoms with Crippen LogP contribution in [0.25, 0.3) is 0 Å². The monoisotopic (exact) mass is 371 g/mol. The van der Waals surface area contributed by atoms with E-state index in [4.69, 9.17) is 4.74 Å². The summed E-state index contributed by atoms with van der Waals surface area (Å²) < 4.78 is 7.15. The molecule has 0 saturated carbocycles. The number of hydrogen-bond acceptors (Lipinski definition) is 2. The summed E-state index contributed by atoms with van der Waals surface area (Å²) in [7, 11) is 0. The average Bonchev–Trinajstić information content (AvgIpc) is 3.30. The van der Waals surface area contributed by atoms with E-state index in [-0.39, 0.29) is 0 Å². The molecule has 29 heavy (non-hydrogen) atoms. The Morgan fingerprint density at radius 1 is 0.552 bits per heavy atom. The molecule has 6 rings (SSSR count). The topological polar surface area (TPSA) is 33.0 Å². The molecule has 2 heterocycles. The Morgan fingerprint density at radius 2 is 1.03 bits per heavy atom. The van der Waals surface area contributed by atoms with Crippen molar-refractivity contribution in [2.24, 2.45) is 0 Å². The lowest BCUT2D eigenvalue weighted by atomic mass is 9.68. The molecule has 2 unspecified atom stereocenters. The van der Waals surface area contributed by atoms with E-state index in [9.17, 15) is 5.26 Å². The summed E-state index contributed by atoms with van der Waals surface area (Å²) in [6, 6.07) is 37.5. The fourth-order valence-corrected chi connectivity index (χ4v) is 5.13. The summed E-state index contributed by atoms with van der Waals surface area (Å²) in [5, 5.41) is 9.58. The van der Waals surface area contributed by atoms with Crippen molar-refractivity contribution < 1.29 is 4.74 Å². The Balaban J connectivity index is 1.79. The largest absolute Gasteiger partial charge is 0.340 e. The number of nitriles is 1. The average molecular weight is 371 g/mol. The summed E-state index contributed by atoms with van der Waals surface area (Å²) in [6.07, 6.45) is 0. The van der Waals surface area contributed by atoms with Gasteiger partial charge in [0.05, 0.1) is 11.6 Å². The molecule has 2 bridgehead atoms. The minimum absolute atomic E-state index is 0.649. The molecule has 4 aromatic carbocycles. The van der Waals surface area contributed by atoms with Crippen molar-refractivity contribution in [3.8, 4) is 6.07 Å². The molecule has 0 saturated heterocycles. The Kier molecular flexibility index (Phi) is 3.19. The van der Waals surface area contributed by atoms with Crippen LogP contribution in [-0.2, 0) is 15.9 Å². The second-order valence-corrected chi connectivity index (χ2v) is 7.61. The van der Waals surface area contributed by atoms with Crippen LogP contribution in [0.15, 0.2) is 103 Å². The number of hydrogen-bond donors (Lipinski definition) is 0. The van der Waals surface area contributed by atoms with E-state index in [1.807, 2.05) is 36.4 Å². The van der Waals surface area contributed by atoms with Gasteiger partial charge in [-0.15, -0.1) is 0 Å². The first-order valence-electron chi connectivity index (χ1n) is 9.77. The van der Waals surface area contributed by atoms with Gasteiger partial charge in [-0.3, -0.25) is 0 Å². The van der Waals surface area contributed by atoms with Gasteiger partial charge in [0.1, 0.15) is 11.2 Å². The van der Waals surface area contributed by atoms with Crippen LogP contribution in [0.4, 0.5) is 0 Å². The first-order chi connectivity index (χ1) is 14.3. The molecule has 0 fully saturated rings. The predicted octanol–water partition coefficient (Wildman–Crippen LogP) is 5.49. The highest BCUT2D eigenvalue weighted by Gasteiger charge is 2.64. The molecular weight excluding hydrogens is 354 g/mol. The summed E-state index contributed by atoms with van der Waals surface area (Å²) >= 11 is 0. The SMILES string of the molecule is N#Cc1ccc2c(c1)C1(c3ccccc3)OC2(c2ccccc2)c2ccccc21. The Hall–Kier alpha value is -3.67. The van der Waals surface area contributed by atoms with E-state index in [2.05, 4.69) is 72.8 Å². The van der Waals surface area contributed by atoms with Crippen molar-refractivity contribution in [2.45, 2.75) is 11.2 Å². The summed E-state index contributed by atoms with van der Waals surface area (Å²) in [5.74, 6) is 0. The van der Waals surface area contributed by atoms with Crippen molar-refractivity contribution in [1.29, 1.82) is 5.26 Å². The summed E-state index contributed by atoms with van der Waals surface area (Å²) in [5.41, 5.74) is 5.93. The van der Waals surface area contributed by atoms with Crippen molar-refractivity contribution >= 4 is 0 Å². The Labute approximate surface area is 169 Å². The van der Waals surface area contributed by atoms with E-state index in [1.165, 1.54) is 5.56 Å². The first kappa shape index (κ1) is 16.3. The zero-order valence-corrected chi connectivity index (χ0v) is 15.7. The molecule has 136 valence electrons. The maximum Gasteiger partial charge on any atom is 0.146 e. The van der Waals surface area contributed by atoms with Crippen LogP contribution in [0.5, 0.6) is 0 Å². The molecule has 0 spiro atoms. The zero-order valence-electron chi connectivity index (χ0n) is 15.7. The van der Waals surface area contributed by atoms with Crippen LogP contribution in [-0.4, -0.2) is 0 Å². The number of ether oxygens (including phenoxy) is 1. The van der Waals surface area contributed by atoms with Crippen molar-refractivity contribution in [1.82, 2.24) is 0 Å². The van der Waals surface area contributed by atoms with Crippen LogP contribution >= 0.6 is 0 Å². The minimum Gasteiger partial charge on any atom is -0.340 e. The van der Waals surface area contributed by atoms with E-state index in [0.717, 1.165) is 27.8 Å². The van der Waals surface area contributed by atoms with Crippen LogP contribution < -0.4 is 0 Å². The van der Waals surface area contributed by atoms with Crippen LogP contribution in [0, 0.1) is 11.3 Å². The smallest absolute Gasteiger partial charge is 0.146 e. The highest BCUT2D eigenvalue weighted by atomic mass is 16.5. The van der Waals surface area contributed by atoms with E-state index >= 15 is 0 Å². The minimum atomic E-state index is -0.726. The molecule has 0 radical (unpaired) electrons. The zero-order chi connectivity index (χ0) is 19.5. The molecule has 4 aromatic rings. The van der Waals surface area contributed by atoms with Gasteiger partial charge >= 0.3 is 0 Å². The fraction of sp³-hybridized carbons (Fsp3) is 0.0741. The number of rotatable bonds is 2.